The molecule has 0 saturated carbocycles. The molecule has 0 radical (unpaired) electrons. The van der Waals surface area contributed by atoms with Crippen molar-refractivity contribution in [3.63, 3.8) is 0 Å². The van der Waals surface area contributed by atoms with Crippen LogP contribution in [0.2, 0.25) is 0 Å². The summed E-state index contributed by atoms with van der Waals surface area (Å²) in [5.41, 5.74) is 0. The summed E-state index contributed by atoms with van der Waals surface area (Å²) in [6, 6.07) is 0. The van der Waals surface area contributed by atoms with E-state index in [-0.39, 0.29) is 0 Å². The highest BCUT2D eigenvalue weighted by Gasteiger charge is 2.09. The third-order valence-electron chi connectivity index (χ3n) is 1.33. The van der Waals surface area contributed by atoms with Gasteiger partial charge in [-0.2, -0.15) is 0 Å². The summed E-state index contributed by atoms with van der Waals surface area (Å²) in [5.74, 6) is 0. The predicted molar refractivity (Wildman–Crippen MR) is 69.4 cm³/mol. The molecule has 0 rings (SSSR count). The Bertz CT molecular complexity index is 301. The van der Waals surface area contributed by atoms with E-state index in [1.54, 1.807) is 0 Å². The Hall–Kier alpha value is 0.410. The maximum absolute atomic E-state index is 10.5. The zero-order chi connectivity index (χ0) is 16.3. The molecule has 0 aromatic carbocycles. The van der Waals surface area contributed by atoms with Crippen molar-refractivity contribution in [1.82, 2.24) is 0 Å². The maximum atomic E-state index is 10.5. The molecule has 0 aromatic heterocycles. The van der Waals surface area contributed by atoms with Crippen LogP contribution in [0.1, 0.15) is 0 Å². The lowest BCUT2D eigenvalue weighted by molar-refractivity contribution is 0.275. The average Bonchev–Trinajstić information content (AvgIpc) is 2.28. The molecule has 0 unspecified atom stereocenters. The van der Waals surface area contributed by atoms with E-state index >= 15 is 0 Å². The minimum absolute atomic E-state index is 1.35. The SMILES string of the molecule is COP(C)(=O)OC.COP(C)(=O)OC.O=P(O)(O)O. The van der Waals surface area contributed by atoms with Gasteiger partial charge in [0.2, 0.25) is 0 Å². The molecule has 0 amide bonds. The van der Waals surface area contributed by atoms with E-state index in [0.29, 0.717) is 0 Å². The highest BCUT2D eigenvalue weighted by Crippen LogP contribution is 2.41. The second-order valence-electron chi connectivity index (χ2n) is 2.79. The van der Waals surface area contributed by atoms with Crippen molar-refractivity contribution in [3.8, 4) is 0 Å². The third kappa shape index (κ3) is 32.2. The van der Waals surface area contributed by atoms with E-state index in [1.165, 1.54) is 41.8 Å². The minimum atomic E-state index is -4.64. The molecule has 0 aromatic rings. The van der Waals surface area contributed by atoms with Crippen molar-refractivity contribution in [2.24, 2.45) is 0 Å². The summed E-state index contributed by atoms with van der Waals surface area (Å²) in [6.45, 7) is 2.82. The van der Waals surface area contributed by atoms with Crippen LogP contribution < -0.4 is 0 Å². The van der Waals surface area contributed by atoms with Crippen LogP contribution in [0.5, 0.6) is 0 Å². The summed E-state index contributed by atoms with van der Waals surface area (Å²) in [4.78, 5) is 21.6. The molecule has 120 valence electrons. The molecule has 0 heterocycles. The second kappa shape index (κ2) is 11.1. The van der Waals surface area contributed by atoms with Gasteiger partial charge in [-0.15, -0.1) is 0 Å². The van der Waals surface area contributed by atoms with Crippen LogP contribution in [0.3, 0.4) is 0 Å². The minimum Gasteiger partial charge on any atom is -0.312 e. The summed E-state index contributed by atoms with van der Waals surface area (Å²) in [6.07, 6.45) is 0. The van der Waals surface area contributed by atoms with Crippen molar-refractivity contribution in [2.45, 2.75) is 0 Å². The largest absolute Gasteiger partial charge is 0.466 e. The van der Waals surface area contributed by atoms with Crippen molar-refractivity contribution in [1.29, 1.82) is 0 Å². The zero-order valence-corrected chi connectivity index (χ0v) is 14.2. The molecule has 10 nitrogen and oxygen atoms in total. The molecule has 0 aliphatic heterocycles. The smallest absolute Gasteiger partial charge is 0.312 e. The van der Waals surface area contributed by atoms with Crippen LogP contribution in [-0.4, -0.2) is 56.4 Å². The van der Waals surface area contributed by atoms with Crippen LogP contribution in [0.4, 0.5) is 0 Å². The molecule has 19 heavy (non-hydrogen) atoms. The molecule has 13 heteroatoms. The van der Waals surface area contributed by atoms with Crippen molar-refractivity contribution >= 4 is 23.0 Å². The van der Waals surface area contributed by atoms with Gasteiger partial charge in [0, 0.05) is 41.8 Å². The van der Waals surface area contributed by atoms with E-state index < -0.39 is 23.0 Å². The Kier molecular flexibility index (Phi) is 14.3. The van der Waals surface area contributed by atoms with Crippen LogP contribution >= 0.6 is 23.0 Å². The van der Waals surface area contributed by atoms with Gasteiger partial charge in [0.05, 0.1) is 0 Å². The third-order valence-corrected chi connectivity index (χ3v) is 3.98. The molecule has 3 N–H and O–H groups in total. The molecule has 0 spiro atoms. The highest BCUT2D eigenvalue weighted by atomic mass is 31.2. The van der Waals surface area contributed by atoms with Gasteiger partial charge in [0.1, 0.15) is 0 Å². The number of phosphoric acid groups is 1. The predicted octanol–water partition coefficient (Wildman–Crippen LogP) is 1.28. The molecule has 0 aliphatic carbocycles. The fourth-order valence-electron chi connectivity index (χ4n) is 0.149. The lowest BCUT2D eigenvalue weighted by atomic mass is 11.8. The maximum Gasteiger partial charge on any atom is 0.466 e. The number of hydrogen-bond donors (Lipinski definition) is 3. The summed E-state index contributed by atoms with van der Waals surface area (Å²) >= 11 is 0. The monoisotopic (exact) mass is 346 g/mol. The van der Waals surface area contributed by atoms with E-state index in [9.17, 15) is 9.13 Å². The van der Waals surface area contributed by atoms with Crippen molar-refractivity contribution < 1.29 is 46.5 Å². The van der Waals surface area contributed by atoms with Gasteiger partial charge in [-0.25, -0.2) is 4.57 Å². The van der Waals surface area contributed by atoms with Crippen LogP contribution in [-0.2, 0) is 31.8 Å². The lowest BCUT2D eigenvalue weighted by Gasteiger charge is -2.04. The summed E-state index contributed by atoms with van der Waals surface area (Å²) in [5, 5.41) is 0. The molecular weight excluding hydrogens is 325 g/mol. The van der Waals surface area contributed by atoms with Gasteiger partial charge in [-0.3, -0.25) is 9.13 Å². The van der Waals surface area contributed by atoms with E-state index in [2.05, 4.69) is 18.1 Å². The summed E-state index contributed by atoms with van der Waals surface area (Å²) in [7, 11) is -4.54. The first-order valence-corrected chi connectivity index (χ1v) is 9.95. The average molecular weight is 346 g/mol. The van der Waals surface area contributed by atoms with Gasteiger partial charge >= 0.3 is 23.0 Å². The molecule has 0 fully saturated rings. The first-order valence-electron chi connectivity index (χ1n) is 4.41. The topological polar surface area (TPSA) is 149 Å². The Morgan fingerprint density at radius 2 is 0.737 bits per heavy atom. The van der Waals surface area contributed by atoms with Crippen molar-refractivity contribution in [2.75, 3.05) is 41.8 Å². The second-order valence-corrected chi connectivity index (χ2v) is 8.36. The van der Waals surface area contributed by atoms with Crippen LogP contribution in [0, 0.1) is 0 Å². The van der Waals surface area contributed by atoms with Gasteiger partial charge in [0.15, 0.2) is 0 Å². The van der Waals surface area contributed by atoms with Crippen LogP contribution in [0.25, 0.3) is 0 Å². The molecule has 0 saturated heterocycles. The summed E-state index contributed by atoms with van der Waals surface area (Å²) < 4.78 is 47.6. The molecule has 0 aliphatic rings. The Morgan fingerprint density at radius 1 is 0.632 bits per heavy atom. The number of rotatable bonds is 4. The zero-order valence-electron chi connectivity index (χ0n) is 11.5. The molecule has 0 atom stereocenters. The van der Waals surface area contributed by atoms with Crippen molar-refractivity contribution in [3.05, 3.63) is 0 Å². The fraction of sp³-hybridized carbons (Fsp3) is 1.00. The molecule has 0 bridgehead atoms. The van der Waals surface area contributed by atoms with Crippen LogP contribution in [0.15, 0.2) is 0 Å². The Morgan fingerprint density at radius 3 is 0.737 bits per heavy atom. The van der Waals surface area contributed by atoms with Gasteiger partial charge in [-0.05, 0) is 0 Å². The van der Waals surface area contributed by atoms with Gasteiger partial charge in [0.25, 0.3) is 0 Å². The van der Waals surface area contributed by atoms with E-state index in [1.807, 2.05) is 0 Å². The normalized spacial score (nSPS) is 11.8. The Balaban J connectivity index is -0.000000206. The van der Waals surface area contributed by atoms with E-state index in [4.69, 9.17) is 19.2 Å². The van der Waals surface area contributed by atoms with E-state index in [0.717, 1.165) is 0 Å². The standard InChI is InChI=1S/2C3H9O3P.H3O4P/c2*1-5-7(3,4)6-2;1-5(2,3)4/h2*1-3H3;(H3,1,2,3,4). The van der Waals surface area contributed by atoms with Gasteiger partial charge in [-0.1, -0.05) is 0 Å². The molecular formula is C6H21O10P3. The lowest BCUT2D eigenvalue weighted by Crippen LogP contribution is -1.82. The number of hydrogen-bond acceptors (Lipinski definition) is 7. The van der Waals surface area contributed by atoms with Gasteiger partial charge < -0.3 is 32.8 Å². The first-order chi connectivity index (χ1) is 8.24. The Labute approximate surface area is 112 Å². The first kappa shape index (κ1) is 24.4. The fourth-order valence-corrected chi connectivity index (χ4v) is 0.447. The quantitative estimate of drug-likeness (QED) is 0.635. The highest BCUT2D eigenvalue weighted by molar-refractivity contribution is 7.53.